The zero-order valence-electron chi connectivity index (χ0n) is 35.2. The molecule has 21 heteroatoms. The number of carbonyl (C=O) groups excluding carboxylic acids is 6. The molecule has 6 amide bonds. The van der Waals surface area contributed by atoms with Crippen LogP contribution in [0.5, 0.6) is 5.75 Å². The third-order valence-corrected chi connectivity index (χ3v) is 13.6. The highest BCUT2D eigenvalue weighted by molar-refractivity contribution is 7.52. The predicted molar refractivity (Wildman–Crippen MR) is 233 cm³/mol. The number of imide groups is 1. The maximum Gasteiger partial charge on any atom is 0.399 e. The molecule has 4 heterocycles. The average molecular weight is 940 g/mol. The summed E-state index contributed by atoms with van der Waals surface area (Å²) in [5.74, 6) is -3.01. The smallest absolute Gasteiger partial charge is 0.399 e. The lowest BCUT2D eigenvalue weighted by atomic mass is 9.89. The van der Waals surface area contributed by atoms with E-state index in [1.807, 2.05) is 35.2 Å². The van der Waals surface area contributed by atoms with Crippen LogP contribution in [-0.4, -0.2) is 111 Å². The van der Waals surface area contributed by atoms with Crippen molar-refractivity contribution in [3.05, 3.63) is 99.7 Å². The van der Waals surface area contributed by atoms with Crippen molar-refractivity contribution in [3.8, 4) is 5.75 Å². The molecular weight excluding hydrogens is 891 g/mol. The molecule has 8 N–H and O–H groups in total. The second-order valence-corrected chi connectivity index (χ2v) is 18.8. The minimum Gasteiger partial charge on any atom is -0.490 e. The van der Waals surface area contributed by atoms with Gasteiger partial charge in [-0.15, -0.1) is 0 Å². The van der Waals surface area contributed by atoms with Crippen molar-refractivity contribution in [2.24, 2.45) is 5.73 Å². The number of ether oxygens (including phenoxy) is 1. The topological polar surface area (TPSA) is 254 Å². The highest BCUT2D eigenvalue weighted by atomic mass is 35.5. The number of aromatic amines is 1. The van der Waals surface area contributed by atoms with Crippen molar-refractivity contribution >= 4 is 65.5 Å². The van der Waals surface area contributed by atoms with Gasteiger partial charge in [0.15, 0.2) is 0 Å². The Bertz CT molecular complexity index is 2550. The number of benzene rings is 3. The monoisotopic (exact) mass is 939 g/mol. The molecule has 0 radical (unpaired) electrons. The van der Waals surface area contributed by atoms with Gasteiger partial charge >= 0.3 is 13.3 Å². The molecule has 17 nitrogen and oxygen atoms in total. The summed E-state index contributed by atoms with van der Waals surface area (Å²) in [6.45, 7) is 0.531. The molecule has 65 heavy (non-hydrogen) atoms. The van der Waals surface area contributed by atoms with E-state index in [0.29, 0.717) is 49.4 Å². The number of alkyl halides is 2. The molecule has 7 rings (SSSR count). The number of H-pyrrole nitrogens is 1. The van der Waals surface area contributed by atoms with Crippen LogP contribution in [0.4, 0.5) is 8.78 Å². The van der Waals surface area contributed by atoms with Gasteiger partial charge in [0.05, 0.1) is 17.0 Å². The first-order valence-corrected chi connectivity index (χ1v) is 23.1. The second kappa shape index (κ2) is 19.4. The maximum atomic E-state index is 14.4. The van der Waals surface area contributed by atoms with Crippen molar-refractivity contribution in [2.45, 2.75) is 87.1 Å². The molecule has 0 aliphatic carbocycles. The van der Waals surface area contributed by atoms with E-state index in [1.54, 1.807) is 19.2 Å². The molecule has 4 aromatic rings. The van der Waals surface area contributed by atoms with Crippen molar-refractivity contribution in [2.75, 3.05) is 26.7 Å². The highest BCUT2D eigenvalue weighted by Gasteiger charge is 2.50. The minimum atomic E-state index is -5.84. The molecule has 3 saturated heterocycles. The largest absolute Gasteiger partial charge is 0.490 e. The summed E-state index contributed by atoms with van der Waals surface area (Å²) in [7, 11) is -4.05. The second-order valence-electron chi connectivity index (χ2n) is 16.8. The molecule has 3 aliphatic heterocycles. The fourth-order valence-electron chi connectivity index (χ4n) is 8.65. The van der Waals surface area contributed by atoms with Gasteiger partial charge in [0.2, 0.25) is 29.5 Å². The van der Waals surface area contributed by atoms with Gasteiger partial charge < -0.3 is 45.7 Å². The summed E-state index contributed by atoms with van der Waals surface area (Å²) >= 11 is 6.84. The summed E-state index contributed by atoms with van der Waals surface area (Å²) in [6.07, 6.45) is 2.58. The lowest BCUT2D eigenvalue weighted by molar-refractivity contribution is -0.143. The Labute approximate surface area is 376 Å². The summed E-state index contributed by atoms with van der Waals surface area (Å²) in [6, 6.07) is 13.8. The number of primary amides is 1. The molecule has 3 fully saturated rings. The number of halogens is 3. The predicted octanol–water partition coefficient (Wildman–Crippen LogP) is 3.78. The number of aromatic nitrogens is 1. The first-order valence-electron chi connectivity index (χ1n) is 21.1. The highest BCUT2D eigenvalue weighted by Crippen LogP contribution is 2.59. The Morgan fingerprint density at radius 3 is 2.49 bits per heavy atom. The quantitative estimate of drug-likeness (QED) is 0.0667. The minimum absolute atomic E-state index is 0.0750. The van der Waals surface area contributed by atoms with Gasteiger partial charge in [0.1, 0.15) is 30.1 Å². The number of piperidine rings is 1. The van der Waals surface area contributed by atoms with E-state index in [2.05, 4.69) is 20.9 Å². The zero-order chi connectivity index (χ0) is 46.8. The fraction of sp³-hybridized carbons (Fsp3) is 0.409. The molecule has 5 atom stereocenters. The molecule has 0 spiro atoms. The van der Waals surface area contributed by atoms with Crippen LogP contribution < -0.4 is 26.4 Å². The molecular formula is C44H49ClF2N7O10P. The number of nitrogens with one attached hydrogen (secondary N) is 4. The van der Waals surface area contributed by atoms with Crippen LogP contribution in [0, 0.1) is 0 Å². The van der Waals surface area contributed by atoms with Crippen LogP contribution in [0.1, 0.15) is 83.6 Å². The Morgan fingerprint density at radius 1 is 1.03 bits per heavy atom. The van der Waals surface area contributed by atoms with E-state index >= 15 is 0 Å². The number of amides is 6. The summed E-state index contributed by atoms with van der Waals surface area (Å²) in [5.41, 5.74) is 2.71. The van der Waals surface area contributed by atoms with E-state index in [-0.39, 0.29) is 66.9 Å². The van der Waals surface area contributed by atoms with Gasteiger partial charge in [-0.1, -0.05) is 54.1 Å². The van der Waals surface area contributed by atoms with E-state index in [0.717, 1.165) is 28.8 Å². The van der Waals surface area contributed by atoms with Crippen LogP contribution in [0.25, 0.3) is 10.9 Å². The summed E-state index contributed by atoms with van der Waals surface area (Å²) < 4.78 is 46.5. The fourth-order valence-corrected chi connectivity index (χ4v) is 9.37. The van der Waals surface area contributed by atoms with E-state index in [4.69, 9.17) is 22.1 Å². The van der Waals surface area contributed by atoms with Gasteiger partial charge in [-0.2, -0.15) is 8.78 Å². The molecule has 3 aromatic carbocycles. The molecule has 346 valence electrons. The van der Waals surface area contributed by atoms with Crippen molar-refractivity contribution in [1.29, 1.82) is 0 Å². The Hall–Kier alpha value is -5.72. The standard InChI is InChI=1S/C44H49ClF2N7O10P/c1-53-18-17-30-11-14-35(54(30)43(60)34(22-53)51-41(58)33-21-27-20-28(9-13-32(27)50-33)44(46,47)65(61,62)63)42(59)49-29(10-15-37(48)55)23-64-36-4-2-3-26(39(36)45)19-24-5-7-25(8-6-24)31-12-16-38(56)52-40(31)57/h2-9,13,20-21,29-31,34-35,50H,10-12,14-19,22-23H2,1H3,(H2,48,55)(H,49,59)(H,51,58)(H,52,56,57)(H2,61,62,63)/t29-,30+,31?,34-,35-/m0/s1. The summed E-state index contributed by atoms with van der Waals surface area (Å²) in [4.78, 5) is 102. The Balaban J connectivity index is 1.02. The zero-order valence-corrected chi connectivity index (χ0v) is 36.9. The maximum absolute atomic E-state index is 14.4. The Kier molecular flexibility index (Phi) is 14.1. The van der Waals surface area contributed by atoms with Gasteiger partial charge in [0, 0.05) is 41.9 Å². The SMILES string of the molecule is CN1CC[C@H]2CC[C@@H](C(=O)N[C@@H](CCC(N)=O)COc3cccc(Cc4ccc(C5CCC(=O)NC5=O)cc4)c3Cl)N2C(=O)[C@@H](NC(=O)c2cc3cc(C(F)(F)P(=O)(O)O)ccc3[nH]2)C1. The van der Waals surface area contributed by atoms with Gasteiger partial charge in [-0.25, -0.2) is 0 Å². The lowest BCUT2D eigenvalue weighted by Gasteiger charge is -2.38. The number of hydrogen-bond donors (Lipinski definition) is 7. The van der Waals surface area contributed by atoms with Gasteiger partial charge in [0.25, 0.3) is 5.91 Å². The number of hydrogen-bond acceptors (Lipinski definition) is 9. The lowest BCUT2D eigenvalue weighted by Crippen LogP contribution is -2.60. The molecule has 0 saturated carbocycles. The number of fused-ring (bicyclic) bond motifs is 2. The number of nitrogens with two attached hydrogens (primary N) is 1. The molecule has 3 aliphatic rings. The first-order chi connectivity index (χ1) is 30.8. The number of carbonyl (C=O) groups is 6. The van der Waals surface area contributed by atoms with Crippen LogP contribution in [-0.2, 0) is 40.6 Å². The third-order valence-electron chi connectivity index (χ3n) is 12.2. The molecule has 0 bridgehead atoms. The number of rotatable bonds is 15. The van der Waals surface area contributed by atoms with Crippen LogP contribution in [0.2, 0.25) is 5.02 Å². The average Bonchev–Trinajstić information content (AvgIpc) is 3.88. The van der Waals surface area contributed by atoms with E-state index < -0.39 is 66.5 Å². The first kappa shape index (κ1) is 47.2. The van der Waals surface area contributed by atoms with Crippen molar-refractivity contribution < 1.29 is 56.6 Å². The number of nitrogens with zero attached hydrogens (tertiary/aromatic N) is 2. The van der Waals surface area contributed by atoms with E-state index in [9.17, 15) is 51.9 Å². The third kappa shape index (κ3) is 10.7. The summed E-state index contributed by atoms with van der Waals surface area (Å²) in [5, 5.41) is 8.48. The van der Waals surface area contributed by atoms with Crippen LogP contribution >= 0.6 is 19.2 Å². The van der Waals surface area contributed by atoms with Crippen molar-refractivity contribution in [3.63, 3.8) is 0 Å². The van der Waals surface area contributed by atoms with Crippen LogP contribution in [0.3, 0.4) is 0 Å². The normalized spacial score (nSPS) is 21.3. The Morgan fingerprint density at radius 2 is 1.78 bits per heavy atom. The van der Waals surface area contributed by atoms with Gasteiger partial charge in [-0.05, 0) is 93.1 Å². The number of likely N-dealkylation sites (N-methyl/N-ethyl adjacent to an activating group) is 1. The van der Waals surface area contributed by atoms with E-state index in [1.165, 1.54) is 17.0 Å². The van der Waals surface area contributed by atoms with Crippen LogP contribution in [0.15, 0.2) is 66.7 Å². The van der Waals surface area contributed by atoms with Crippen molar-refractivity contribution in [1.82, 2.24) is 30.7 Å². The van der Waals surface area contributed by atoms with Gasteiger partial charge in [-0.3, -0.25) is 38.6 Å². The molecule has 1 unspecified atom stereocenters. The molecule has 1 aromatic heterocycles.